The molecular formula is C12H22O7S. The predicted molar refractivity (Wildman–Crippen MR) is 71.2 cm³/mol. The number of unbranched alkanes of at least 4 members (excludes halogenated alkanes) is 5. The monoisotopic (exact) mass is 310 g/mol. The van der Waals surface area contributed by atoms with Gasteiger partial charge in [-0.3, -0.25) is 9.59 Å². The van der Waals surface area contributed by atoms with Crippen molar-refractivity contribution in [3.63, 3.8) is 0 Å². The third-order valence-corrected chi connectivity index (χ3v) is 3.31. The molecular weight excluding hydrogens is 288 g/mol. The van der Waals surface area contributed by atoms with Crippen LogP contribution in [0.15, 0.2) is 0 Å². The summed E-state index contributed by atoms with van der Waals surface area (Å²) in [5.41, 5.74) is 0. The summed E-state index contributed by atoms with van der Waals surface area (Å²) in [5.74, 6) is -2.33. The van der Waals surface area contributed by atoms with E-state index in [9.17, 15) is 18.0 Å². The molecule has 1 N–H and O–H groups in total. The minimum absolute atomic E-state index is 0.0410. The Kier molecular flexibility index (Phi) is 10.0. The summed E-state index contributed by atoms with van der Waals surface area (Å²) in [4.78, 5) is 21.2. The van der Waals surface area contributed by atoms with Gasteiger partial charge in [0.05, 0.1) is 19.4 Å². The third-order valence-electron chi connectivity index (χ3n) is 2.46. The van der Waals surface area contributed by atoms with Gasteiger partial charge in [-0.15, -0.1) is 0 Å². The first kappa shape index (κ1) is 18.9. The standard InChI is InChI=1S/C12H22O7S/c1-2-3-4-5-6-7-10-18-20(16,17)19-12(15)9-8-11(13)14/h2-10H2,1H3,(H,13,14). The second-order valence-electron chi connectivity index (χ2n) is 4.35. The van der Waals surface area contributed by atoms with Crippen molar-refractivity contribution >= 4 is 22.3 Å². The molecule has 20 heavy (non-hydrogen) atoms. The molecule has 0 heterocycles. The van der Waals surface area contributed by atoms with Crippen LogP contribution in [-0.4, -0.2) is 32.1 Å². The molecule has 0 fully saturated rings. The SMILES string of the molecule is CCCCCCCCOS(=O)(=O)OC(=O)CCC(=O)O. The van der Waals surface area contributed by atoms with Gasteiger partial charge < -0.3 is 9.29 Å². The van der Waals surface area contributed by atoms with Crippen molar-refractivity contribution < 1.29 is 31.5 Å². The zero-order valence-corrected chi connectivity index (χ0v) is 12.5. The van der Waals surface area contributed by atoms with Crippen molar-refractivity contribution in [2.75, 3.05) is 6.61 Å². The fourth-order valence-corrected chi connectivity index (χ4v) is 2.11. The molecule has 0 spiro atoms. The number of carboxylic acid groups (broad SMARTS) is 1. The van der Waals surface area contributed by atoms with Crippen molar-refractivity contribution in [3.05, 3.63) is 0 Å². The Morgan fingerprint density at radius 3 is 2.20 bits per heavy atom. The van der Waals surface area contributed by atoms with Gasteiger partial charge in [0.15, 0.2) is 0 Å². The molecule has 0 saturated carbocycles. The van der Waals surface area contributed by atoms with Crippen LogP contribution in [0.25, 0.3) is 0 Å². The molecule has 7 nitrogen and oxygen atoms in total. The van der Waals surface area contributed by atoms with E-state index in [1.54, 1.807) is 0 Å². The zero-order valence-electron chi connectivity index (χ0n) is 11.7. The number of rotatable bonds is 12. The van der Waals surface area contributed by atoms with Gasteiger partial charge in [0.2, 0.25) is 0 Å². The Hall–Kier alpha value is -1.15. The van der Waals surface area contributed by atoms with Gasteiger partial charge in [0, 0.05) is 0 Å². The Bertz CT molecular complexity index is 389. The minimum atomic E-state index is -4.37. The van der Waals surface area contributed by atoms with Crippen LogP contribution >= 0.6 is 0 Å². The normalized spacial score (nSPS) is 11.2. The molecule has 0 bridgehead atoms. The molecule has 0 rings (SSSR count). The maximum Gasteiger partial charge on any atom is 0.451 e. The molecule has 0 aliphatic rings. The number of hydrogen-bond donors (Lipinski definition) is 1. The molecule has 8 heteroatoms. The lowest BCUT2D eigenvalue weighted by molar-refractivity contribution is -0.142. The smallest absolute Gasteiger partial charge is 0.451 e. The van der Waals surface area contributed by atoms with E-state index >= 15 is 0 Å². The topological polar surface area (TPSA) is 107 Å². The minimum Gasteiger partial charge on any atom is -0.481 e. The summed E-state index contributed by atoms with van der Waals surface area (Å²) in [6, 6.07) is 0. The number of carbonyl (C=O) groups excluding carboxylic acids is 1. The number of hydrogen-bond acceptors (Lipinski definition) is 6. The van der Waals surface area contributed by atoms with Gasteiger partial charge in [0.1, 0.15) is 0 Å². The molecule has 0 radical (unpaired) electrons. The summed E-state index contributed by atoms with van der Waals surface area (Å²) in [6.45, 7) is 2.06. The highest BCUT2D eigenvalue weighted by Gasteiger charge is 2.18. The summed E-state index contributed by atoms with van der Waals surface area (Å²) in [7, 11) is -4.37. The van der Waals surface area contributed by atoms with Crippen LogP contribution in [-0.2, 0) is 28.4 Å². The van der Waals surface area contributed by atoms with Crippen LogP contribution in [0.1, 0.15) is 58.3 Å². The lowest BCUT2D eigenvalue weighted by Crippen LogP contribution is -2.17. The molecule has 0 saturated heterocycles. The maximum absolute atomic E-state index is 11.2. The van der Waals surface area contributed by atoms with Crippen LogP contribution in [0, 0.1) is 0 Å². The van der Waals surface area contributed by atoms with Crippen molar-refractivity contribution in [2.45, 2.75) is 58.3 Å². The fourth-order valence-electron chi connectivity index (χ4n) is 1.43. The summed E-state index contributed by atoms with van der Waals surface area (Å²) < 4.78 is 31.0. The molecule has 0 aliphatic carbocycles. The van der Waals surface area contributed by atoms with Gasteiger partial charge in [-0.1, -0.05) is 39.0 Å². The van der Waals surface area contributed by atoms with E-state index < -0.39 is 35.2 Å². The van der Waals surface area contributed by atoms with E-state index in [1.807, 2.05) is 0 Å². The van der Waals surface area contributed by atoms with Crippen LogP contribution in [0.3, 0.4) is 0 Å². The Morgan fingerprint density at radius 1 is 1.00 bits per heavy atom. The second-order valence-corrected chi connectivity index (χ2v) is 5.57. The first-order chi connectivity index (χ1) is 9.37. The van der Waals surface area contributed by atoms with Crippen LogP contribution < -0.4 is 0 Å². The lowest BCUT2D eigenvalue weighted by Gasteiger charge is -2.05. The summed E-state index contributed by atoms with van der Waals surface area (Å²) in [6.07, 6.45) is 4.83. The quantitative estimate of drug-likeness (QED) is 0.549. The average Bonchev–Trinajstić information content (AvgIpc) is 2.34. The first-order valence-electron chi connectivity index (χ1n) is 6.71. The second kappa shape index (κ2) is 10.6. The van der Waals surface area contributed by atoms with Crippen molar-refractivity contribution in [1.82, 2.24) is 0 Å². The largest absolute Gasteiger partial charge is 0.481 e. The van der Waals surface area contributed by atoms with Crippen LogP contribution in [0.4, 0.5) is 0 Å². The molecule has 0 atom stereocenters. The molecule has 0 aliphatic heterocycles. The van der Waals surface area contributed by atoms with Crippen molar-refractivity contribution in [2.24, 2.45) is 0 Å². The Morgan fingerprint density at radius 2 is 1.60 bits per heavy atom. The zero-order chi connectivity index (χ0) is 15.4. The summed E-state index contributed by atoms with van der Waals surface area (Å²) in [5, 5.41) is 8.33. The maximum atomic E-state index is 11.2. The van der Waals surface area contributed by atoms with E-state index in [0.29, 0.717) is 6.42 Å². The van der Waals surface area contributed by atoms with Gasteiger partial charge >= 0.3 is 22.3 Å². The molecule has 118 valence electrons. The number of carbonyl (C=O) groups is 2. The Labute approximate surface area is 119 Å². The molecule has 0 aromatic rings. The predicted octanol–water partition coefficient (Wildman–Crippen LogP) is 2.02. The molecule has 0 aromatic heterocycles. The van der Waals surface area contributed by atoms with E-state index in [1.165, 1.54) is 0 Å². The van der Waals surface area contributed by atoms with Crippen LogP contribution in [0.2, 0.25) is 0 Å². The lowest BCUT2D eigenvalue weighted by atomic mass is 10.1. The van der Waals surface area contributed by atoms with Crippen LogP contribution in [0.5, 0.6) is 0 Å². The fraction of sp³-hybridized carbons (Fsp3) is 0.833. The highest BCUT2D eigenvalue weighted by Crippen LogP contribution is 2.07. The number of aliphatic carboxylic acids is 1. The van der Waals surface area contributed by atoms with E-state index in [0.717, 1.165) is 32.1 Å². The van der Waals surface area contributed by atoms with Gasteiger partial charge in [0.25, 0.3) is 0 Å². The first-order valence-corrected chi connectivity index (χ1v) is 8.04. The van der Waals surface area contributed by atoms with Crippen molar-refractivity contribution in [3.8, 4) is 0 Å². The molecule has 0 amide bonds. The highest BCUT2D eigenvalue weighted by atomic mass is 32.3. The van der Waals surface area contributed by atoms with Gasteiger partial charge in [-0.2, -0.15) is 8.42 Å². The van der Waals surface area contributed by atoms with E-state index in [-0.39, 0.29) is 6.61 Å². The van der Waals surface area contributed by atoms with Gasteiger partial charge in [-0.25, -0.2) is 4.18 Å². The van der Waals surface area contributed by atoms with Gasteiger partial charge in [-0.05, 0) is 6.42 Å². The van der Waals surface area contributed by atoms with Crippen molar-refractivity contribution in [1.29, 1.82) is 0 Å². The Balaban J connectivity index is 3.73. The van der Waals surface area contributed by atoms with E-state index in [2.05, 4.69) is 15.3 Å². The summed E-state index contributed by atoms with van der Waals surface area (Å²) >= 11 is 0. The number of carboxylic acids is 1. The van der Waals surface area contributed by atoms with E-state index in [4.69, 9.17) is 5.11 Å². The third kappa shape index (κ3) is 11.9. The average molecular weight is 310 g/mol. The highest BCUT2D eigenvalue weighted by molar-refractivity contribution is 7.82. The molecule has 0 unspecified atom stereocenters. The molecule has 0 aromatic carbocycles.